The Morgan fingerprint density at radius 2 is 1.00 bits per heavy atom. The number of nitrogens with zero attached hydrogens (tertiary/aromatic N) is 2. The van der Waals surface area contributed by atoms with Crippen molar-refractivity contribution in [1.82, 2.24) is 9.80 Å². The second-order valence-corrected chi connectivity index (χ2v) is 7.27. The fraction of sp³-hybridized carbons (Fsp3) is 0.889. The van der Waals surface area contributed by atoms with Gasteiger partial charge < -0.3 is 20.0 Å². The van der Waals surface area contributed by atoms with Gasteiger partial charge in [-0.2, -0.15) is 0 Å². The molecule has 0 unspecified atom stereocenters. The quantitative estimate of drug-likeness (QED) is 0.752. The molecule has 138 valence electrons. The van der Waals surface area contributed by atoms with Gasteiger partial charge in [-0.05, 0) is 64.7 Å². The van der Waals surface area contributed by atoms with E-state index in [2.05, 4.69) is 9.80 Å². The van der Waals surface area contributed by atoms with Crippen LogP contribution in [-0.4, -0.2) is 70.2 Å². The van der Waals surface area contributed by atoms with Gasteiger partial charge in [0.05, 0.1) is 0 Å². The SMILES string of the molecule is C1CCC(N2CCC(N3CCCCC3)CC2)CC1.O=C(O)C(=O)O. The highest BCUT2D eigenvalue weighted by atomic mass is 16.4. The van der Waals surface area contributed by atoms with Gasteiger partial charge in [-0.3, -0.25) is 0 Å². The number of carbonyl (C=O) groups is 2. The molecule has 0 bridgehead atoms. The van der Waals surface area contributed by atoms with Crippen LogP contribution in [0.4, 0.5) is 0 Å². The highest BCUT2D eigenvalue weighted by Gasteiger charge is 2.29. The predicted molar refractivity (Wildman–Crippen MR) is 92.2 cm³/mol. The monoisotopic (exact) mass is 340 g/mol. The molecule has 6 heteroatoms. The van der Waals surface area contributed by atoms with Gasteiger partial charge in [0, 0.05) is 12.1 Å². The maximum Gasteiger partial charge on any atom is 0.414 e. The van der Waals surface area contributed by atoms with E-state index in [0.29, 0.717) is 0 Å². The lowest BCUT2D eigenvalue weighted by Gasteiger charge is -2.43. The Labute approximate surface area is 144 Å². The molecule has 2 N–H and O–H groups in total. The van der Waals surface area contributed by atoms with E-state index in [4.69, 9.17) is 19.8 Å². The Bertz CT molecular complexity index is 358. The first-order valence-corrected chi connectivity index (χ1v) is 9.52. The number of carboxylic acids is 2. The van der Waals surface area contributed by atoms with Crippen molar-refractivity contribution in [2.75, 3.05) is 26.2 Å². The van der Waals surface area contributed by atoms with Crippen molar-refractivity contribution in [3.8, 4) is 0 Å². The topological polar surface area (TPSA) is 81.1 Å². The minimum atomic E-state index is -1.82. The van der Waals surface area contributed by atoms with Crippen LogP contribution in [-0.2, 0) is 9.59 Å². The lowest BCUT2D eigenvalue weighted by atomic mass is 9.91. The van der Waals surface area contributed by atoms with E-state index in [1.807, 2.05) is 0 Å². The lowest BCUT2D eigenvalue weighted by Crippen LogP contribution is -2.49. The van der Waals surface area contributed by atoms with E-state index in [1.165, 1.54) is 90.4 Å². The second kappa shape index (κ2) is 9.99. The normalized spacial score (nSPS) is 24.8. The maximum absolute atomic E-state index is 9.10. The van der Waals surface area contributed by atoms with Gasteiger partial charge in [-0.15, -0.1) is 0 Å². The Balaban J connectivity index is 0.000000301. The maximum atomic E-state index is 9.10. The van der Waals surface area contributed by atoms with E-state index in [9.17, 15) is 0 Å². The molecule has 2 aliphatic heterocycles. The van der Waals surface area contributed by atoms with Crippen LogP contribution >= 0.6 is 0 Å². The van der Waals surface area contributed by atoms with Crippen LogP contribution in [0.5, 0.6) is 0 Å². The predicted octanol–water partition coefficient (Wildman–Crippen LogP) is 2.42. The highest BCUT2D eigenvalue weighted by molar-refractivity contribution is 6.27. The zero-order valence-corrected chi connectivity index (χ0v) is 14.7. The molecular formula is C18H32N2O4. The Morgan fingerprint density at radius 1 is 0.583 bits per heavy atom. The zero-order valence-electron chi connectivity index (χ0n) is 14.7. The summed E-state index contributed by atoms with van der Waals surface area (Å²) >= 11 is 0. The number of carboxylic acid groups (broad SMARTS) is 2. The molecule has 3 rings (SSSR count). The van der Waals surface area contributed by atoms with Crippen LogP contribution in [0.2, 0.25) is 0 Å². The average molecular weight is 340 g/mol. The van der Waals surface area contributed by atoms with Gasteiger partial charge in [0.1, 0.15) is 0 Å². The average Bonchev–Trinajstić information content (AvgIpc) is 2.64. The smallest absolute Gasteiger partial charge is 0.414 e. The molecule has 0 atom stereocenters. The van der Waals surface area contributed by atoms with Gasteiger partial charge in [-0.25, -0.2) is 9.59 Å². The van der Waals surface area contributed by atoms with Gasteiger partial charge in [0.15, 0.2) is 0 Å². The number of likely N-dealkylation sites (tertiary alicyclic amines) is 2. The Morgan fingerprint density at radius 3 is 1.50 bits per heavy atom. The molecule has 0 aromatic rings. The number of rotatable bonds is 2. The zero-order chi connectivity index (χ0) is 17.4. The van der Waals surface area contributed by atoms with E-state index in [1.54, 1.807) is 0 Å². The van der Waals surface area contributed by atoms with Crippen molar-refractivity contribution >= 4 is 11.9 Å². The standard InChI is InChI=1S/C16H30N2.C2H2O4/c1-3-7-15(8-4-1)18-13-9-16(10-14-18)17-11-5-2-6-12-17;3-1(4)2(5)6/h15-16H,1-14H2;(H,3,4)(H,5,6). The summed E-state index contributed by atoms with van der Waals surface area (Å²) in [6.45, 7) is 5.53. The van der Waals surface area contributed by atoms with E-state index >= 15 is 0 Å². The minimum absolute atomic E-state index is 0.921. The van der Waals surface area contributed by atoms with Crippen LogP contribution in [0.1, 0.15) is 64.2 Å². The highest BCUT2D eigenvalue weighted by Crippen LogP contribution is 2.27. The van der Waals surface area contributed by atoms with Gasteiger partial charge in [-0.1, -0.05) is 25.7 Å². The molecule has 6 nitrogen and oxygen atoms in total. The van der Waals surface area contributed by atoms with Crippen LogP contribution in [0.3, 0.4) is 0 Å². The van der Waals surface area contributed by atoms with Crippen molar-refractivity contribution in [1.29, 1.82) is 0 Å². The van der Waals surface area contributed by atoms with Crippen LogP contribution in [0, 0.1) is 0 Å². The number of hydrogen-bond acceptors (Lipinski definition) is 4. The summed E-state index contributed by atoms with van der Waals surface area (Å²) in [5, 5.41) is 14.8. The molecule has 0 radical (unpaired) electrons. The lowest BCUT2D eigenvalue weighted by molar-refractivity contribution is -0.159. The fourth-order valence-corrected chi connectivity index (χ4v) is 4.35. The van der Waals surface area contributed by atoms with Crippen molar-refractivity contribution in [2.24, 2.45) is 0 Å². The molecule has 2 heterocycles. The van der Waals surface area contributed by atoms with Crippen LogP contribution in [0.15, 0.2) is 0 Å². The summed E-state index contributed by atoms with van der Waals surface area (Å²) in [4.78, 5) is 23.8. The summed E-state index contributed by atoms with van der Waals surface area (Å²) in [6, 6.07) is 1.87. The van der Waals surface area contributed by atoms with Gasteiger partial charge >= 0.3 is 11.9 Å². The van der Waals surface area contributed by atoms with Crippen molar-refractivity contribution in [2.45, 2.75) is 76.3 Å². The molecule has 3 fully saturated rings. The molecule has 24 heavy (non-hydrogen) atoms. The Hall–Kier alpha value is -1.14. The molecule has 0 aromatic heterocycles. The van der Waals surface area contributed by atoms with Crippen LogP contribution < -0.4 is 0 Å². The summed E-state index contributed by atoms with van der Waals surface area (Å²) in [5.41, 5.74) is 0. The molecule has 0 spiro atoms. The van der Waals surface area contributed by atoms with Crippen molar-refractivity contribution in [3.05, 3.63) is 0 Å². The van der Waals surface area contributed by atoms with Gasteiger partial charge in [0.25, 0.3) is 0 Å². The van der Waals surface area contributed by atoms with Crippen LogP contribution in [0.25, 0.3) is 0 Å². The summed E-state index contributed by atoms with van der Waals surface area (Å²) in [5.74, 6) is -3.65. The third kappa shape index (κ3) is 6.06. The van der Waals surface area contributed by atoms with Crippen molar-refractivity contribution in [3.63, 3.8) is 0 Å². The molecular weight excluding hydrogens is 308 g/mol. The second-order valence-electron chi connectivity index (χ2n) is 7.27. The third-order valence-electron chi connectivity index (χ3n) is 5.68. The molecule has 1 aliphatic carbocycles. The number of piperidine rings is 2. The first-order chi connectivity index (χ1) is 11.6. The molecule has 1 saturated carbocycles. The summed E-state index contributed by atoms with van der Waals surface area (Å²) in [6.07, 6.45) is 14.7. The van der Waals surface area contributed by atoms with Crippen molar-refractivity contribution < 1.29 is 19.8 Å². The van der Waals surface area contributed by atoms with E-state index in [0.717, 1.165) is 12.1 Å². The number of aliphatic carboxylic acids is 2. The largest absolute Gasteiger partial charge is 0.473 e. The minimum Gasteiger partial charge on any atom is -0.473 e. The van der Waals surface area contributed by atoms with E-state index in [-0.39, 0.29) is 0 Å². The first kappa shape index (κ1) is 19.2. The fourth-order valence-electron chi connectivity index (χ4n) is 4.35. The van der Waals surface area contributed by atoms with E-state index < -0.39 is 11.9 Å². The summed E-state index contributed by atoms with van der Waals surface area (Å²) < 4.78 is 0. The Kier molecular flexibility index (Phi) is 7.99. The molecule has 2 saturated heterocycles. The molecule has 3 aliphatic rings. The summed E-state index contributed by atoms with van der Waals surface area (Å²) in [7, 11) is 0. The first-order valence-electron chi connectivity index (χ1n) is 9.52. The van der Waals surface area contributed by atoms with Gasteiger partial charge in [0.2, 0.25) is 0 Å². The third-order valence-corrected chi connectivity index (χ3v) is 5.68. The number of hydrogen-bond donors (Lipinski definition) is 2. The molecule has 0 aromatic carbocycles. The molecule has 0 amide bonds.